The lowest BCUT2D eigenvalue weighted by atomic mass is 10.1. The normalized spacial score (nSPS) is 23.8. The fourth-order valence-electron chi connectivity index (χ4n) is 3.20. The lowest BCUT2D eigenvalue weighted by Gasteiger charge is -2.44. The first kappa shape index (κ1) is 15.7. The van der Waals surface area contributed by atoms with Gasteiger partial charge in [-0.1, -0.05) is 0 Å². The molecule has 9 heteroatoms. The van der Waals surface area contributed by atoms with Crippen LogP contribution in [0.25, 0.3) is 0 Å². The van der Waals surface area contributed by atoms with E-state index in [9.17, 15) is 23.8 Å². The quantitative estimate of drug-likeness (QED) is 0.567. The smallest absolute Gasteiger partial charge is 0.270 e. The summed E-state index contributed by atoms with van der Waals surface area (Å²) in [6.07, 6.45) is 0. The van der Waals surface area contributed by atoms with Crippen molar-refractivity contribution >= 4 is 21.2 Å². The maximum absolute atomic E-state index is 11.8. The second kappa shape index (κ2) is 5.79. The molecular weight excluding hydrogens is 320 g/mol. The zero-order valence-corrected chi connectivity index (χ0v) is 13.2. The third-order valence-electron chi connectivity index (χ3n) is 4.39. The zero-order chi connectivity index (χ0) is 16.6. The van der Waals surface area contributed by atoms with E-state index in [1.807, 2.05) is 11.0 Å². The molecule has 2 aliphatic rings. The molecule has 3 rings (SSSR count). The number of piperazine rings is 1. The predicted octanol–water partition coefficient (Wildman–Crippen LogP) is 0.385. The van der Waals surface area contributed by atoms with Crippen molar-refractivity contribution in [2.45, 2.75) is 6.04 Å². The van der Waals surface area contributed by atoms with E-state index in [4.69, 9.17) is 0 Å². The van der Waals surface area contributed by atoms with E-state index in [1.165, 1.54) is 12.1 Å². The van der Waals surface area contributed by atoms with Crippen LogP contribution in [0, 0.1) is 21.4 Å². The largest absolute Gasteiger partial charge is 0.368 e. The molecule has 122 valence electrons. The van der Waals surface area contributed by atoms with Gasteiger partial charge in [0.25, 0.3) is 5.69 Å². The molecule has 0 bridgehead atoms. The number of rotatable bonds is 2. The van der Waals surface area contributed by atoms with Crippen molar-refractivity contribution in [2.75, 3.05) is 42.6 Å². The summed E-state index contributed by atoms with van der Waals surface area (Å²) in [6.45, 7) is 2.45. The molecule has 2 aliphatic heterocycles. The van der Waals surface area contributed by atoms with E-state index < -0.39 is 14.8 Å². The van der Waals surface area contributed by atoms with Crippen molar-refractivity contribution in [1.82, 2.24) is 4.90 Å². The Balaban J connectivity index is 1.85. The van der Waals surface area contributed by atoms with Gasteiger partial charge in [-0.05, 0) is 6.07 Å². The number of sulfone groups is 1. The minimum Gasteiger partial charge on any atom is -0.368 e. The van der Waals surface area contributed by atoms with Crippen molar-refractivity contribution in [3.05, 3.63) is 33.9 Å². The van der Waals surface area contributed by atoms with Gasteiger partial charge in [0.1, 0.15) is 6.07 Å². The number of hydrogen-bond acceptors (Lipinski definition) is 7. The van der Waals surface area contributed by atoms with Gasteiger partial charge in [-0.3, -0.25) is 15.0 Å². The van der Waals surface area contributed by atoms with Crippen LogP contribution in [0.3, 0.4) is 0 Å². The summed E-state index contributed by atoms with van der Waals surface area (Å²) in [4.78, 5) is 14.4. The van der Waals surface area contributed by atoms with Gasteiger partial charge < -0.3 is 4.90 Å². The monoisotopic (exact) mass is 336 g/mol. The fraction of sp³-hybridized carbons (Fsp3) is 0.500. The molecule has 1 aromatic rings. The minimum atomic E-state index is -3.02. The number of nitriles is 1. The summed E-state index contributed by atoms with van der Waals surface area (Å²) in [5, 5.41) is 20.1. The zero-order valence-electron chi connectivity index (χ0n) is 12.4. The van der Waals surface area contributed by atoms with Gasteiger partial charge in [0.05, 0.1) is 27.7 Å². The number of non-ortho nitro benzene ring substituents is 1. The molecule has 1 aromatic carbocycles. The lowest BCUT2D eigenvalue weighted by Crippen LogP contribution is -2.59. The summed E-state index contributed by atoms with van der Waals surface area (Å²) < 4.78 is 23.6. The Bertz CT molecular complexity index is 786. The molecule has 2 fully saturated rings. The molecular formula is C14H16N4O4S. The molecule has 0 aliphatic carbocycles. The highest BCUT2D eigenvalue weighted by Crippen LogP contribution is 2.28. The SMILES string of the molecule is N#Cc1cc([N+](=O)[O-])ccc1N1CCN2CCS(=O)(=O)C[C@@H]2C1. The first-order valence-electron chi connectivity index (χ1n) is 7.27. The maximum Gasteiger partial charge on any atom is 0.270 e. The summed E-state index contributed by atoms with van der Waals surface area (Å²) in [6, 6.07) is 6.12. The molecule has 8 nitrogen and oxygen atoms in total. The van der Waals surface area contributed by atoms with Crippen LogP contribution >= 0.6 is 0 Å². The molecule has 0 amide bonds. The van der Waals surface area contributed by atoms with E-state index in [0.717, 1.165) is 6.54 Å². The van der Waals surface area contributed by atoms with E-state index in [2.05, 4.69) is 4.90 Å². The van der Waals surface area contributed by atoms with Crippen LogP contribution in [0.5, 0.6) is 0 Å². The number of nitro groups is 1. The Kier molecular flexibility index (Phi) is 3.95. The second-order valence-electron chi connectivity index (χ2n) is 5.82. The van der Waals surface area contributed by atoms with Gasteiger partial charge in [-0.15, -0.1) is 0 Å². The van der Waals surface area contributed by atoms with Crippen molar-refractivity contribution < 1.29 is 13.3 Å². The van der Waals surface area contributed by atoms with Crippen LogP contribution in [0.2, 0.25) is 0 Å². The van der Waals surface area contributed by atoms with Crippen molar-refractivity contribution in [3.63, 3.8) is 0 Å². The topological polar surface area (TPSA) is 108 Å². The number of hydrogen-bond donors (Lipinski definition) is 0. The Labute approximate surface area is 134 Å². The average Bonchev–Trinajstić information content (AvgIpc) is 2.52. The molecule has 0 radical (unpaired) electrons. The lowest BCUT2D eigenvalue weighted by molar-refractivity contribution is -0.384. The Morgan fingerprint density at radius 3 is 2.78 bits per heavy atom. The average molecular weight is 336 g/mol. The summed E-state index contributed by atoms with van der Waals surface area (Å²) >= 11 is 0. The van der Waals surface area contributed by atoms with Crippen LogP contribution in [0.15, 0.2) is 18.2 Å². The Hall–Kier alpha value is -2.18. The molecule has 2 heterocycles. The number of nitro benzene ring substituents is 1. The third-order valence-corrected chi connectivity index (χ3v) is 6.09. The fourth-order valence-corrected chi connectivity index (χ4v) is 4.78. The summed E-state index contributed by atoms with van der Waals surface area (Å²) in [7, 11) is -3.02. The van der Waals surface area contributed by atoms with Crippen LogP contribution in [0.1, 0.15) is 5.56 Å². The second-order valence-corrected chi connectivity index (χ2v) is 8.05. The number of fused-ring (bicyclic) bond motifs is 1. The van der Waals surface area contributed by atoms with Gasteiger partial charge in [-0.2, -0.15) is 5.26 Å². The van der Waals surface area contributed by atoms with Gasteiger partial charge in [-0.25, -0.2) is 8.42 Å². The summed E-state index contributed by atoms with van der Waals surface area (Å²) in [5.41, 5.74) is 0.746. The van der Waals surface area contributed by atoms with E-state index in [1.54, 1.807) is 6.07 Å². The molecule has 1 atom stereocenters. The highest BCUT2D eigenvalue weighted by molar-refractivity contribution is 7.91. The minimum absolute atomic E-state index is 0.0933. The van der Waals surface area contributed by atoms with E-state index in [-0.39, 0.29) is 28.8 Å². The number of anilines is 1. The van der Waals surface area contributed by atoms with Gasteiger partial charge in [0.15, 0.2) is 9.84 Å². The van der Waals surface area contributed by atoms with Gasteiger partial charge in [0, 0.05) is 44.4 Å². The highest BCUT2D eigenvalue weighted by atomic mass is 32.2. The van der Waals surface area contributed by atoms with Crippen LogP contribution in [-0.2, 0) is 9.84 Å². The number of benzene rings is 1. The predicted molar refractivity (Wildman–Crippen MR) is 84.0 cm³/mol. The number of nitrogens with zero attached hydrogens (tertiary/aromatic N) is 4. The van der Waals surface area contributed by atoms with Crippen LogP contribution in [-0.4, -0.2) is 62.0 Å². The first-order valence-corrected chi connectivity index (χ1v) is 9.10. The molecule has 0 aromatic heterocycles. The molecule has 0 spiro atoms. The molecule has 0 saturated carbocycles. The maximum atomic E-state index is 11.8. The Morgan fingerprint density at radius 2 is 2.09 bits per heavy atom. The molecule has 0 unspecified atom stereocenters. The van der Waals surface area contributed by atoms with Crippen molar-refractivity contribution in [1.29, 1.82) is 5.26 Å². The third kappa shape index (κ3) is 3.13. The van der Waals surface area contributed by atoms with E-state index in [0.29, 0.717) is 25.3 Å². The van der Waals surface area contributed by atoms with Crippen LogP contribution in [0.4, 0.5) is 11.4 Å². The van der Waals surface area contributed by atoms with Crippen molar-refractivity contribution in [2.24, 2.45) is 0 Å². The standard InChI is InChI=1S/C14H16N4O4S/c15-8-11-7-12(18(19)20)1-2-14(11)17-4-3-16-5-6-23(21,22)10-13(16)9-17/h1-2,7,13H,3-6,9-10H2/t13-/m0/s1. The van der Waals surface area contributed by atoms with Gasteiger partial charge >= 0.3 is 0 Å². The molecule has 23 heavy (non-hydrogen) atoms. The van der Waals surface area contributed by atoms with Gasteiger partial charge in [0.2, 0.25) is 0 Å². The summed E-state index contributed by atoms with van der Waals surface area (Å²) in [5.74, 6) is 0.322. The van der Waals surface area contributed by atoms with E-state index >= 15 is 0 Å². The van der Waals surface area contributed by atoms with Crippen molar-refractivity contribution in [3.8, 4) is 6.07 Å². The molecule has 2 saturated heterocycles. The highest BCUT2D eigenvalue weighted by Gasteiger charge is 2.35. The van der Waals surface area contributed by atoms with Crippen LogP contribution < -0.4 is 4.90 Å². The molecule has 0 N–H and O–H groups in total. The Morgan fingerprint density at radius 1 is 1.30 bits per heavy atom. The first-order chi connectivity index (χ1) is 10.9.